The number of rotatable bonds is 4. The third kappa shape index (κ3) is 4.64. The van der Waals surface area contributed by atoms with Crippen LogP contribution in [-0.2, 0) is 13.1 Å². The van der Waals surface area contributed by atoms with Crippen molar-refractivity contribution in [3.8, 4) is 0 Å². The first-order chi connectivity index (χ1) is 10.2. The standard InChI is InChI=1S/C15H19FN4S.ClH/c16-13-3-1-2-12(8-13)10-19-4-6-20(7-5-19)11-14-9-18-15(17)21-14;/h1-3,8-9H,4-7,10-11H2,(H2,17,18);1H. The largest absolute Gasteiger partial charge is 0.375 e. The minimum absolute atomic E-state index is 0. The topological polar surface area (TPSA) is 45.4 Å². The molecule has 4 nitrogen and oxygen atoms in total. The summed E-state index contributed by atoms with van der Waals surface area (Å²) in [6, 6.07) is 6.86. The molecule has 1 saturated heterocycles. The van der Waals surface area contributed by atoms with Gasteiger partial charge in [-0.1, -0.05) is 12.1 Å². The molecule has 1 aromatic carbocycles. The molecule has 0 aliphatic carbocycles. The molecule has 0 bridgehead atoms. The van der Waals surface area contributed by atoms with Gasteiger partial charge in [0.05, 0.1) is 0 Å². The summed E-state index contributed by atoms with van der Waals surface area (Å²) in [4.78, 5) is 10.1. The van der Waals surface area contributed by atoms with E-state index in [2.05, 4.69) is 14.8 Å². The molecule has 2 aromatic rings. The molecule has 7 heteroatoms. The minimum Gasteiger partial charge on any atom is -0.375 e. The molecule has 3 rings (SSSR count). The molecule has 2 N–H and O–H groups in total. The highest BCUT2D eigenvalue weighted by molar-refractivity contribution is 7.15. The molecule has 2 heterocycles. The van der Waals surface area contributed by atoms with Gasteiger partial charge in [-0.25, -0.2) is 9.37 Å². The molecule has 0 spiro atoms. The lowest BCUT2D eigenvalue weighted by Gasteiger charge is -2.34. The maximum absolute atomic E-state index is 13.2. The van der Waals surface area contributed by atoms with Crippen LogP contribution in [0.3, 0.4) is 0 Å². The van der Waals surface area contributed by atoms with Crippen LogP contribution in [0.4, 0.5) is 9.52 Å². The van der Waals surface area contributed by atoms with Gasteiger partial charge in [0, 0.05) is 50.3 Å². The number of aromatic nitrogens is 1. The van der Waals surface area contributed by atoms with Gasteiger partial charge >= 0.3 is 0 Å². The Morgan fingerprint density at radius 3 is 2.41 bits per heavy atom. The van der Waals surface area contributed by atoms with Crippen LogP contribution in [0.5, 0.6) is 0 Å². The molecule has 0 atom stereocenters. The van der Waals surface area contributed by atoms with Crippen molar-refractivity contribution in [1.29, 1.82) is 0 Å². The molecule has 1 fully saturated rings. The van der Waals surface area contributed by atoms with Crippen molar-refractivity contribution in [3.05, 3.63) is 46.7 Å². The van der Waals surface area contributed by atoms with Crippen LogP contribution in [0.2, 0.25) is 0 Å². The van der Waals surface area contributed by atoms with E-state index in [1.165, 1.54) is 10.9 Å². The predicted molar refractivity (Wildman–Crippen MR) is 90.7 cm³/mol. The highest BCUT2D eigenvalue weighted by Crippen LogP contribution is 2.18. The van der Waals surface area contributed by atoms with E-state index in [1.807, 2.05) is 12.3 Å². The molecule has 1 aliphatic rings. The summed E-state index contributed by atoms with van der Waals surface area (Å²) in [5.74, 6) is -0.158. The SMILES string of the molecule is Cl.Nc1ncc(CN2CCN(Cc3cccc(F)c3)CC2)s1. The predicted octanol–water partition coefficient (Wildman–Crippen LogP) is 2.60. The highest BCUT2D eigenvalue weighted by Gasteiger charge is 2.17. The first-order valence-corrected chi connectivity index (χ1v) is 7.90. The van der Waals surface area contributed by atoms with Crippen molar-refractivity contribution < 1.29 is 4.39 Å². The van der Waals surface area contributed by atoms with E-state index in [9.17, 15) is 4.39 Å². The van der Waals surface area contributed by atoms with Gasteiger partial charge in [0.25, 0.3) is 0 Å². The average molecular weight is 343 g/mol. The quantitative estimate of drug-likeness (QED) is 0.927. The van der Waals surface area contributed by atoms with Crippen molar-refractivity contribution >= 4 is 28.9 Å². The van der Waals surface area contributed by atoms with E-state index >= 15 is 0 Å². The van der Waals surface area contributed by atoms with Gasteiger partial charge in [0.15, 0.2) is 5.13 Å². The van der Waals surface area contributed by atoms with Gasteiger partial charge in [-0.2, -0.15) is 0 Å². The Morgan fingerprint density at radius 1 is 1.14 bits per heavy atom. The fourth-order valence-corrected chi connectivity index (χ4v) is 3.34. The molecule has 22 heavy (non-hydrogen) atoms. The number of benzene rings is 1. The molecule has 0 radical (unpaired) electrons. The molecule has 0 amide bonds. The maximum atomic E-state index is 13.2. The van der Waals surface area contributed by atoms with Gasteiger partial charge in [0.2, 0.25) is 0 Å². The lowest BCUT2D eigenvalue weighted by molar-refractivity contribution is 0.122. The molecular weight excluding hydrogens is 323 g/mol. The van der Waals surface area contributed by atoms with Crippen LogP contribution in [0.25, 0.3) is 0 Å². The van der Waals surface area contributed by atoms with Gasteiger partial charge in [-0.05, 0) is 17.7 Å². The third-order valence-corrected chi connectivity index (χ3v) is 4.52. The molecule has 0 saturated carbocycles. The fraction of sp³-hybridized carbons (Fsp3) is 0.400. The Kier molecular flexibility index (Phi) is 6.14. The monoisotopic (exact) mass is 342 g/mol. The van der Waals surface area contributed by atoms with E-state index < -0.39 is 0 Å². The summed E-state index contributed by atoms with van der Waals surface area (Å²) in [7, 11) is 0. The minimum atomic E-state index is -0.158. The first kappa shape index (κ1) is 17.1. The summed E-state index contributed by atoms with van der Waals surface area (Å²) >= 11 is 1.56. The Hall–Kier alpha value is -1.21. The molecule has 120 valence electrons. The van der Waals surface area contributed by atoms with Gasteiger partial charge in [-0.3, -0.25) is 9.80 Å². The van der Waals surface area contributed by atoms with Crippen LogP contribution >= 0.6 is 23.7 Å². The fourth-order valence-electron chi connectivity index (χ4n) is 2.62. The number of nitrogens with two attached hydrogens (primary N) is 1. The van der Waals surface area contributed by atoms with Crippen molar-refractivity contribution in [2.75, 3.05) is 31.9 Å². The van der Waals surface area contributed by atoms with Gasteiger partial charge < -0.3 is 5.73 Å². The molecular formula is C15H20ClFN4S. The zero-order chi connectivity index (χ0) is 14.7. The number of halogens is 2. The number of hydrogen-bond acceptors (Lipinski definition) is 5. The molecule has 1 aliphatic heterocycles. The Labute approximate surface area is 140 Å². The van der Waals surface area contributed by atoms with Crippen LogP contribution in [0.15, 0.2) is 30.5 Å². The van der Waals surface area contributed by atoms with Crippen molar-refractivity contribution in [3.63, 3.8) is 0 Å². The van der Waals surface area contributed by atoms with Crippen molar-refractivity contribution in [2.45, 2.75) is 13.1 Å². The second-order valence-electron chi connectivity index (χ2n) is 5.35. The van der Waals surface area contributed by atoms with E-state index in [1.54, 1.807) is 23.5 Å². The first-order valence-electron chi connectivity index (χ1n) is 7.08. The van der Waals surface area contributed by atoms with E-state index in [0.717, 1.165) is 44.8 Å². The smallest absolute Gasteiger partial charge is 0.180 e. The normalized spacial score (nSPS) is 16.4. The third-order valence-electron chi connectivity index (χ3n) is 3.71. The number of hydrogen-bond donors (Lipinski definition) is 1. The van der Waals surface area contributed by atoms with Crippen molar-refractivity contribution in [1.82, 2.24) is 14.8 Å². The maximum Gasteiger partial charge on any atom is 0.180 e. The van der Waals surface area contributed by atoms with E-state index in [0.29, 0.717) is 5.13 Å². The number of nitrogens with zero attached hydrogens (tertiary/aromatic N) is 3. The Morgan fingerprint density at radius 2 is 1.82 bits per heavy atom. The second-order valence-corrected chi connectivity index (χ2v) is 6.49. The van der Waals surface area contributed by atoms with Crippen LogP contribution < -0.4 is 5.73 Å². The lowest BCUT2D eigenvalue weighted by atomic mass is 10.2. The highest BCUT2D eigenvalue weighted by atomic mass is 35.5. The average Bonchev–Trinajstić information content (AvgIpc) is 2.86. The summed E-state index contributed by atoms with van der Waals surface area (Å²) in [5, 5.41) is 0.634. The summed E-state index contributed by atoms with van der Waals surface area (Å²) < 4.78 is 13.2. The summed E-state index contributed by atoms with van der Waals surface area (Å²) in [5.41, 5.74) is 6.69. The van der Waals surface area contributed by atoms with Crippen LogP contribution in [0.1, 0.15) is 10.4 Å². The van der Waals surface area contributed by atoms with Gasteiger partial charge in [-0.15, -0.1) is 23.7 Å². The van der Waals surface area contributed by atoms with E-state index in [-0.39, 0.29) is 18.2 Å². The van der Waals surface area contributed by atoms with E-state index in [4.69, 9.17) is 5.73 Å². The van der Waals surface area contributed by atoms with Gasteiger partial charge in [0.1, 0.15) is 5.82 Å². The summed E-state index contributed by atoms with van der Waals surface area (Å²) in [6.45, 7) is 5.79. The van der Waals surface area contributed by atoms with Crippen LogP contribution in [0, 0.1) is 5.82 Å². The molecule has 0 unspecified atom stereocenters. The number of anilines is 1. The second kappa shape index (κ2) is 7.87. The van der Waals surface area contributed by atoms with Crippen molar-refractivity contribution in [2.24, 2.45) is 0 Å². The number of nitrogen functional groups attached to an aromatic ring is 1. The Bertz CT molecular complexity index is 599. The van der Waals surface area contributed by atoms with Crippen LogP contribution in [-0.4, -0.2) is 41.0 Å². The lowest BCUT2D eigenvalue weighted by Crippen LogP contribution is -2.45. The number of thiazole rings is 1. The Balaban J connectivity index is 0.00000176. The summed E-state index contributed by atoms with van der Waals surface area (Å²) in [6.07, 6.45) is 1.86. The molecule has 1 aromatic heterocycles. The number of piperazine rings is 1. The zero-order valence-electron chi connectivity index (χ0n) is 12.2. The zero-order valence-corrected chi connectivity index (χ0v) is 13.9.